The molecule has 0 bridgehead atoms. The van der Waals surface area contributed by atoms with Gasteiger partial charge in [0.05, 0.1) is 0 Å². The van der Waals surface area contributed by atoms with Crippen molar-refractivity contribution in [3.05, 3.63) is 0 Å². The normalized spacial score (nSPS) is 29.1. The highest BCUT2D eigenvalue weighted by atomic mass is 15.3. The number of nitrogens with one attached hydrogen (secondary N) is 1. The van der Waals surface area contributed by atoms with Gasteiger partial charge in [-0.3, -0.25) is 4.90 Å². The molecule has 3 aliphatic rings. The van der Waals surface area contributed by atoms with Crippen LogP contribution in [0.3, 0.4) is 0 Å². The van der Waals surface area contributed by atoms with Crippen molar-refractivity contribution in [2.45, 2.75) is 51.0 Å². The number of nitrogens with zero attached hydrogens (tertiary/aromatic N) is 2. The number of piperidine rings is 1. The Hall–Kier alpha value is -0.120. The van der Waals surface area contributed by atoms with Crippen molar-refractivity contribution in [3.8, 4) is 0 Å². The van der Waals surface area contributed by atoms with Gasteiger partial charge in [0, 0.05) is 32.2 Å². The van der Waals surface area contributed by atoms with Gasteiger partial charge in [0.15, 0.2) is 0 Å². The summed E-state index contributed by atoms with van der Waals surface area (Å²) in [6.45, 7) is 9.15. The van der Waals surface area contributed by atoms with Crippen LogP contribution in [-0.4, -0.2) is 61.7 Å². The third-order valence-corrected chi connectivity index (χ3v) is 5.56. The molecule has 3 rings (SSSR count). The molecule has 19 heavy (non-hydrogen) atoms. The van der Waals surface area contributed by atoms with Crippen molar-refractivity contribution in [1.29, 1.82) is 0 Å². The van der Waals surface area contributed by atoms with Crippen LogP contribution in [0.5, 0.6) is 0 Å². The van der Waals surface area contributed by atoms with E-state index in [0.717, 1.165) is 12.0 Å². The van der Waals surface area contributed by atoms with Crippen molar-refractivity contribution in [2.75, 3.05) is 45.8 Å². The Morgan fingerprint density at radius 1 is 0.842 bits per heavy atom. The number of hydrogen-bond donors (Lipinski definition) is 1. The fourth-order valence-electron chi connectivity index (χ4n) is 4.16. The Bertz CT molecular complexity index is 249. The summed E-state index contributed by atoms with van der Waals surface area (Å²) in [6.07, 6.45) is 10.1. The summed E-state index contributed by atoms with van der Waals surface area (Å²) in [7, 11) is 0. The van der Waals surface area contributed by atoms with Gasteiger partial charge in [0.25, 0.3) is 0 Å². The maximum atomic E-state index is 3.47. The van der Waals surface area contributed by atoms with Crippen molar-refractivity contribution in [3.63, 3.8) is 0 Å². The largest absolute Gasteiger partial charge is 0.317 e. The molecule has 1 aliphatic carbocycles. The van der Waals surface area contributed by atoms with Gasteiger partial charge in [0.1, 0.15) is 0 Å². The minimum Gasteiger partial charge on any atom is -0.317 e. The van der Waals surface area contributed by atoms with Gasteiger partial charge in [-0.15, -0.1) is 0 Å². The standard InChI is InChI=1S/C16H31N3/c1-2-4-16(3-1)19-13-11-18(12-14-19)10-7-15-5-8-17-9-6-15/h15-17H,1-14H2. The lowest BCUT2D eigenvalue weighted by molar-refractivity contribution is 0.0927. The molecule has 3 fully saturated rings. The zero-order chi connectivity index (χ0) is 12.9. The summed E-state index contributed by atoms with van der Waals surface area (Å²) >= 11 is 0. The molecule has 0 atom stereocenters. The number of piperazine rings is 1. The monoisotopic (exact) mass is 265 g/mol. The van der Waals surface area contributed by atoms with E-state index >= 15 is 0 Å². The lowest BCUT2D eigenvalue weighted by Gasteiger charge is -2.38. The van der Waals surface area contributed by atoms with E-state index in [1.54, 1.807) is 0 Å². The molecule has 0 radical (unpaired) electrons. The van der Waals surface area contributed by atoms with E-state index < -0.39 is 0 Å². The van der Waals surface area contributed by atoms with Crippen LogP contribution >= 0.6 is 0 Å². The fourth-order valence-corrected chi connectivity index (χ4v) is 4.16. The molecule has 2 heterocycles. The Labute approximate surface area is 118 Å². The van der Waals surface area contributed by atoms with E-state index in [0.29, 0.717) is 0 Å². The van der Waals surface area contributed by atoms with Crippen LogP contribution in [0.4, 0.5) is 0 Å². The van der Waals surface area contributed by atoms with Gasteiger partial charge in [-0.1, -0.05) is 12.8 Å². The van der Waals surface area contributed by atoms with Crippen LogP contribution in [0, 0.1) is 5.92 Å². The molecule has 3 nitrogen and oxygen atoms in total. The first-order chi connectivity index (χ1) is 9.42. The average Bonchev–Trinajstić information content (AvgIpc) is 3.01. The van der Waals surface area contributed by atoms with Gasteiger partial charge < -0.3 is 10.2 Å². The highest BCUT2D eigenvalue weighted by Crippen LogP contribution is 2.24. The maximum Gasteiger partial charge on any atom is 0.0113 e. The highest BCUT2D eigenvalue weighted by molar-refractivity contribution is 4.82. The second-order valence-corrected chi connectivity index (χ2v) is 6.80. The van der Waals surface area contributed by atoms with E-state index in [-0.39, 0.29) is 0 Å². The SMILES string of the molecule is C1CCC(N2CCN(CCC3CCNCC3)CC2)C1. The van der Waals surface area contributed by atoms with Crippen LogP contribution in [-0.2, 0) is 0 Å². The highest BCUT2D eigenvalue weighted by Gasteiger charge is 2.26. The van der Waals surface area contributed by atoms with E-state index in [2.05, 4.69) is 15.1 Å². The zero-order valence-corrected chi connectivity index (χ0v) is 12.4. The second kappa shape index (κ2) is 7.05. The molecule has 0 aromatic heterocycles. The predicted molar refractivity (Wildman–Crippen MR) is 80.5 cm³/mol. The zero-order valence-electron chi connectivity index (χ0n) is 12.4. The van der Waals surface area contributed by atoms with Crippen LogP contribution < -0.4 is 5.32 Å². The van der Waals surface area contributed by atoms with Crippen molar-refractivity contribution < 1.29 is 0 Å². The van der Waals surface area contributed by atoms with Gasteiger partial charge in [-0.25, -0.2) is 0 Å². The Kier molecular flexibility index (Phi) is 5.14. The fraction of sp³-hybridized carbons (Fsp3) is 1.00. The van der Waals surface area contributed by atoms with Crippen LogP contribution in [0.15, 0.2) is 0 Å². The molecule has 0 aromatic carbocycles. The van der Waals surface area contributed by atoms with E-state index in [4.69, 9.17) is 0 Å². The minimum atomic E-state index is 0.937. The Morgan fingerprint density at radius 2 is 1.53 bits per heavy atom. The van der Waals surface area contributed by atoms with Gasteiger partial charge >= 0.3 is 0 Å². The topological polar surface area (TPSA) is 18.5 Å². The average molecular weight is 265 g/mol. The summed E-state index contributed by atoms with van der Waals surface area (Å²) in [5.74, 6) is 0.995. The summed E-state index contributed by atoms with van der Waals surface area (Å²) in [6, 6.07) is 0.937. The molecule has 1 saturated carbocycles. The third-order valence-electron chi connectivity index (χ3n) is 5.56. The lowest BCUT2D eigenvalue weighted by atomic mass is 9.94. The molecule has 0 aromatic rings. The summed E-state index contributed by atoms with van der Waals surface area (Å²) in [5.41, 5.74) is 0. The minimum absolute atomic E-state index is 0.937. The smallest absolute Gasteiger partial charge is 0.0113 e. The van der Waals surface area contributed by atoms with E-state index in [1.807, 2.05) is 0 Å². The molecule has 2 aliphatic heterocycles. The molecule has 0 unspecified atom stereocenters. The molecule has 3 heteroatoms. The molecule has 110 valence electrons. The number of rotatable bonds is 4. The van der Waals surface area contributed by atoms with Crippen LogP contribution in [0.1, 0.15) is 44.9 Å². The summed E-state index contributed by atoms with van der Waals surface area (Å²) in [4.78, 5) is 5.49. The Morgan fingerprint density at radius 3 is 2.21 bits per heavy atom. The first-order valence-electron chi connectivity index (χ1n) is 8.59. The van der Waals surface area contributed by atoms with Gasteiger partial charge in [0.2, 0.25) is 0 Å². The molecule has 1 N–H and O–H groups in total. The number of hydrogen-bond acceptors (Lipinski definition) is 3. The molecule has 0 spiro atoms. The summed E-state index contributed by atoms with van der Waals surface area (Å²) in [5, 5.41) is 3.47. The van der Waals surface area contributed by atoms with E-state index in [9.17, 15) is 0 Å². The Balaban J connectivity index is 1.33. The molecular formula is C16H31N3. The predicted octanol–water partition coefficient (Wildman–Crippen LogP) is 1.94. The molecule has 2 saturated heterocycles. The van der Waals surface area contributed by atoms with Gasteiger partial charge in [-0.05, 0) is 57.7 Å². The van der Waals surface area contributed by atoms with Crippen LogP contribution in [0.2, 0.25) is 0 Å². The molecular weight excluding hydrogens is 234 g/mol. The quantitative estimate of drug-likeness (QED) is 0.838. The van der Waals surface area contributed by atoms with Gasteiger partial charge in [-0.2, -0.15) is 0 Å². The summed E-state index contributed by atoms with van der Waals surface area (Å²) < 4.78 is 0. The maximum absolute atomic E-state index is 3.47. The van der Waals surface area contributed by atoms with Crippen molar-refractivity contribution in [1.82, 2.24) is 15.1 Å². The lowest BCUT2D eigenvalue weighted by Crippen LogP contribution is -2.50. The molecule has 0 amide bonds. The second-order valence-electron chi connectivity index (χ2n) is 6.80. The van der Waals surface area contributed by atoms with Crippen molar-refractivity contribution >= 4 is 0 Å². The third kappa shape index (κ3) is 3.93. The first kappa shape index (κ1) is 13.8. The first-order valence-corrected chi connectivity index (χ1v) is 8.59. The van der Waals surface area contributed by atoms with Crippen molar-refractivity contribution in [2.24, 2.45) is 5.92 Å². The van der Waals surface area contributed by atoms with Crippen LogP contribution in [0.25, 0.3) is 0 Å². The van der Waals surface area contributed by atoms with E-state index in [1.165, 1.54) is 90.8 Å².